The molecule has 0 aromatic heterocycles. The normalized spacial score (nSPS) is 14.8. The molecule has 0 fully saturated rings. The molecule has 1 rings (SSSR count). The van der Waals surface area contributed by atoms with Crippen LogP contribution >= 0.6 is 0 Å². The second-order valence-electron chi connectivity index (χ2n) is 4.96. The van der Waals surface area contributed by atoms with Gasteiger partial charge in [0, 0.05) is 0 Å². The van der Waals surface area contributed by atoms with E-state index in [1.54, 1.807) is 20.8 Å². The summed E-state index contributed by atoms with van der Waals surface area (Å²) in [6, 6.07) is 9.45. The highest BCUT2D eigenvalue weighted by atomic mass is 32.2. The van der Waals surface area contributed by atoms with E-state index >= 15 is 0 Å². The molecule has 0 aliphatic rings. The zero-order chi connectivity index (χ0) is 12.4. The lowest BCUT2D eigenvalue weighted by atomic mass is 10.1. The standard InChI is InChI=1S/C13H20O2S/c1-5-12(11-9-7-6-8-10-11)16(14,15)13(2,3)4/h6-10,12H,5H2,1-4H3/t12-/m0/s1. The molecule has 3 heteroatoms. The molecule has 1 atom stereocenters. The molecule has 0 aliphatic heterocycles. The van der Waals surface area contributed by atoms with Crippen LogP contribution in [0.25, 0.3) is 0 Å². The van der Waals surface area contributed by atoms with Gasteiger partial charge in [-0.3, -0.25) is 0 Å². The van der Waals surface area contributed by atoms with Crippen molar-refractivity contribution in [1.29, 1.82) is 0 Å². The molecule has 0 heterocycles. The van der Waals surface area contributed by atoms with Crippen molar-refractivity contribution in [2.75, 3.05) is 0 Å². The molecule has 0 saturated carbocycles. The fraction of sp³-hybridized carbons (Fsp3) is 0.538. The summed E-state index contributed by atoms with van der Waals surface area (Å²) < 4.78 is 24.1. The van der Waals surface area contributed by atoms with Gasteiger partial charge in [0.15, 0.2) is 9.84 Å². The third-order valence-electron chi connectivity index (χ3n) is 2.77. The van der Waals surface area contributed by atoms with Gasteiger partial charge in [0.25, 0.3) is 0 Å². The van der Waals surface area contributed by atoms with E-state index in [4.69, 9.17) is 0 Å². The van der Waals surface area contributed by atoms with Crippen molar-refractivity contribution in [3.8, 4) is 0 Å². The van der Waals surface area contributed by atoms with Crippen molar-refractivity contribution in [1.82, 2.24) is 0 Å². The Hall–Kier alpha value is -0.830. The summed E-state index contributed by atoms with van der Waals surface area (Å²) in [4.78, 5) is 0. The molecular weight excluding hydrogens is 220 g/mol. The van der Waals surface area contributed by atoms with Crippen molar-refractivity contribution in [3.63, 3.8) is 0 Å². The molecule has 0 bridgehead atoms. The minimum atomic E-state index is -3.14. The smallest absolute Gasteiger partial charge is 0.162 e. The van der Waals surface area contributed by atoms with Crippen LogP contribution in [0.4, 0.5) is 0 Å². The third kappa shape index (κ3) is 2.46. The number of hydrogen-bond donors (Lipinski definition) is 0. The maximum atomic E-state index is 12.4. The lowest BCUT2D eigenvalue weighted by molar-refractivity contribution is 0.543. The van der Waals surface area contributed by atoms with Crippen molar-refractivity contribution in [2.24, 2.45) is 0 Å². The SMILES string of the molecule is CC[C@@H](c1ccccc1)S(=O)(=O)C(C)(C)C. The van der Waals surface area contributed by atoms with Gasteiger partial charge in [0.1, 0.15) is 0 Å². The van der Waals surface area contributed by atoms with E-state index in [-0.39, 0.29) is 0 Å². The van der Waals surface area contributed by atoms with Gasteiger partial charge in [-0.25, -0.2) is 8.42 Å². The first-order chi connectivity index (χ1) is 7.30. The third-order valence-corrected chi connectivity index (χ3v) is 5.83. The Kier molecular flexibility index (Phi) is 3.79. The number of sulfone groups is 1. The Morgan fingerprint density at radius 3 is 2.00 bits per heavy atom. The molecule has 90 valence electrons. The highest BCUT2D eigenvalue weighted by Gasteiger charge is 2.36. The Labute approximate surface area is 98.6 Å². The summed E-state index contributed by atoms with van der Waals surface area (Å²) in [6.45, 7) is 7.19. The molecule has 0 saturated heterocycles. The van der Waals surface area contributed by atoms with Gasteiger partial charge in [-0.1, -0.05) is 37.3 Å². The van der Waals surface area contributed by atoms with Crippen molar-refractivity contribution >= 4 is 9.84 Å². The first-order valence-corrected chi connectivity index (χ1v) is 7.13. The fourth-order valence-electron chi connectivity index (χ4n) is 1.73. The molecular formula is C13H20O2S. The van der Waals surface area contributed by atoms with Gasteiger partial charge in [0.05, 0.1) is 10.00 Å². The zero-order valence-corrected chi connectivity index (χ0v) is 11.2. The summed E-state index contributed by atoms with van der Waals surface area (Å²) in [5.41, 5.74) is 0.889. The number of hydrogen-bond acceptors (Lipinski definition) is 2. The maximum Gasteiger partial charge on any atom is 0.162 e. The van der Waals surface area contributed by atoms with Gasteiger partial charge in [-0.15, -0.1) is 0 Å². The maximum absolute atomic E-state index is 12.4. The molecule has 0 aliphatic carbocycles. The van der Waals surface area contributed by atoms with Crippen LogP contribution in [0.15, 0.2) is 30.3 Å². The van der Waals surface area contributed by atoms with Crippen LogP contribution < -0.4 is 0 Å². The predicted molar refractivity (Wildman–Crippen MR) is 68.1 cm³/mol. The quantitative estimate of drug-likeness (QED) is 0.812. The topological polar surface area (TPSA) is 34.1 Å². The second kappa shape index (κ2) is 4.58. The van der Waals surface area contributed by atoms with E-state index in [1.807, 2.05) is 37.3 Å². The predicted octanol–water partition coefficient (Wildman–Crippen LogP) is 3.35. The molecule has 0 radical (unpaired) electrons. The van der Waals surface area contributed by atoms with Crippen LogP contribution in [0.2, 0.25) is 0 Å². The minimum absolute atomic E-state index is 0.395. The van der Waals surface area contributed by atoms with Gasteiger partial charge < -0.3 is 0 Å². The monoisotopic (exact) mass is 240 g/mol. The number of rotatable bonds is 3. The fourth-order valence-corrected chi connectivity index (χ4v) is 3.54. The largest absolute Gasteiger partial charge is 0.228 e. The molecule has 0 amide bonds. The van der Waals surface area contributed by atoms with Crippen LogP contribution in [0.5, 0.6) is 0 Å². The molecule has 1 aromatic carbocycles. The summed E-state index contributed by atoms with van der Waals surface area (Å²) in [5.74, 6) is 0. The molecule has 16 heavy (non-hydrogen) atoms. The lowest BCUT2D eigenvalue weighted by Gasteiger charge is -2.26. The Morgan fingerprint density at radius 1 is 1.12 bits per heavy atom. The lowest BCUT2D eigenvalue weighted by Crippen LogP contribution is -2.32. The molecule has 2 nitrogen and oxygen atoms in total. The van der Waals surface area contributed by atoms with E-state index in [0.29, 0.717) is 6.42 Å². The zero-order valence-electron chi connectivity index (χ0n) is 10.4. The summed E-state index contributed by atoms with van der Waals surface area (Å²) in [5, 5.41) is -0.395. The average Bonchev–Trinajstić information content (AvgIpc) is 2.18. The van der Waals surface area contributed by atoms with E-state index in [1.165, 1.54) is 0 Å². The first-order valence-electron chi connectivity index (χ1n) is 5.59. The van der Waals surface area contributed by atoms with E-state index in [0.717, 1.165) is 5.56 Å². The summed E-state index contributed by atoms with van der Waals surface area (Å²) in [7, 11) is -3.14. The van der Waals surface area contributed by atoms with Crippen LogP contribution in [0, 0.1) is 0 Å². The highest BCUT2D eigenvalue weighted by molar-refractivity contribution is 7.93. The van der Waals surface area contributed by atoms with Gasteiger partial charge in [-0.2, -0.15) is 0 Å². The second-order valence-corrected chi connectivity index (χ2v) is 7.85. The molecule has 1 aromatic rings. The van der Waals surface area contributed by atoms with Crippen molar-refractivity contribution in [3.05, 3.63) is 35.9 Å². The van der Waals surface area contributed by atoms with E-state index < -0.39 is 19.8 Å². The van der Waals surface area contributed by atoms with Crippen LogP contribution in [0.3, 0.4) is 0 Å². The Bertz CT molecular complexity index is 427. The van der Waals surface area contributed by atoms with Crippen molar-refractivity contribution in [2.45, 2.75) is 44.1 Å². The molecule has 0 N–H and O–H groups in total. The van der Waals surface area contributed by atoms with Gasteiger partial charge in [0.2, 0.25) is 0 Å². The minimum Gasteiger partial charge on any atom is -0.228 e. The average molecular weight is 240 g/mol. The van der Waals surface area contributed by atoms with Crippen LogP contribution in [-0.2, 0) is 9.84 Å². The molecule has 0 unspecified atom stereocenters. The van der Waals surface area contributed by atoms with Crippen molar-refractivity contribution < 1.29 is 8.42 Å². The summed E-state index contributed by atoms with van der Waals surface area (Å²) in [6.07, 6.45) is 0.615. The van der Waals surface area contributed by atoms with Gasteiger partial charge >= 0.3 is 0 Å². The Morgan fingerprint density at radius 2 is 1.62 bits per heavy atom. The van der Waals surface area contributed by atoms with E-state index in [9.17, 15) is 8.42 Å². The Balaban J connectivity index is 3.20. The highest BCUT2D eigenvalue weighted by Crippen LogP contribution is 2.33. The van der Waals surface area contributed by atoms with Gasteiger partial charge in [-0.05, 0) is 32.8 Å². The van der Waals surface area contributed by atoms with Crippen LogP contribution in [-0.4, -0.2) is 13.2 Å². The van der Waals surface area contributed by atoms with E-state index in [2.05, 4.69) is 0 Å². The molecule has 0 spiro atoms. The first kappa shape index (κ1) is 13.2. The van der Waals surface area contributed by atoms with Crippen LogP contribution in [0.1, 0.15) is 44.9 Å². The summed E-state index contributed by atoms with van der Waals surface area (Å²) >= 11 is 0. The number of benzene rings is 1.